The van der Waals surface area contributed by atoms with Crippen molar-refractivity contribution in [2.45, 2.75) is 130 Å². The summed E-state index contributed by atoms with van der Waals surface area (Å²) in [6.45, 7) is 9.35. The SMILES string of the molecule is CCCCCCCCCCP(Cl)(CC)(CC)CCCCCCCCCC. The molecular formula is C24H52ClP. The van der Waals surface area contributed by atoms with Crippen molar-refractivity contribution >= 4 is 17.2 Å². The van der Waals surface area contributed by atoms with Crippen LogP contribution in [0.3, 0.4) is 0 Å². The van der Waals surface area contributed by atoms with E-state index in [9.17, 15) is 0 Å². The summed E-state index contributed by atoms with van der Waals surface area (Å²) in [6, 6.07) is 0. The van der Waals surface area contributed by atoms with Crippen molar-refractivity contribution in [3.05, 3.63) is 0 Å². The Labute approximate surface area is 172 Å². The molecule has 160 valence electrons. The summed E-state index contributed by atoms with van der Waals surface area (Å²) in [5.74, 6) is -1.91. The number of halogens is 1. The molecule has 0 nitrogen and oxygen atoms in total. The predicted molar refractivity (Wildman–Crippen MR) is 129 cm³/mol. The van der Waals surface area contributed by atoms with E-state index in [2.05, 4.69) is 27.7 Å². The first-order chi connectivity index (χ1) is 12.5. The normalized spacial score (nSPS) is 13.7. The van der Waals surface area contributed by atoms with Gasteiger partial charge in [-0.1, -0.05) is 0 Å². The van der Waals surface area contributed by atoms with Crippen molar-refractivity contribution in [3.8, 4) is 0 Å². The van der Waals surface area contributed by atoms with E-state index in [1.54, 1.807) is 0 Å². The topological polar surface area (TPSA) is 0 Å². The summed E-state index contributed by atoms with van der Waals surface area (Å²) in [4.78, 5) is 0. The summed E-state index contributed by atoms with van der Waals surface area (Å²) in [5.41, 5.74) is 0. The molecule has 0 heterocycles. The zero-order chi connectivity index (χ0) is 19.6. The molecule has 0 saturated carbocycles. The van der Waals surface area contributed by atoms with Gasteiger partial charge in [0, 0.05) is 0 Å². The monoisotopic (exact) mass is 406 g/mol. The van der Waals surface area contributed by atoms with Crippen molar-refractivity contribution in [1.29, 1.82) is 0 Å². The van der Waals surface area contributed by atoms with Gasteiger partial charge in [0.15, 0.2) is 0 Å². The molecule has 0 aliphatic carbocycles. The molecule has 0 N–H and O–H groups in total. The maximum atomic E-state index is 7.46. The van der Waals surface area contributed by atoms with Gasteiger partial charge in [0.2, 0.25) is 0 Å². The van der Waals surface area contributed by atoms with Gasteiger partial charge >= 0.3 is 172 Å². The van der Waals surface area contributed by atoms with Crippen LogP contribution in [0.5, 0.6) is 0 Å². The van der Waals surface area contributed by atoms with E-state index in [1.807, 2.05) is 0 Å². The molecule has 2 heteroatoms. The molecule has 0 fully saturated rings. The molecule has 0 radical (unpaired) electrons. The quantitative estimate of drug-likeness (QED) is 0.139. The van der Waals surface area contributed by atoms with E-state index in [4.69, 9.17) is 11.2 Å². The van der Waals surface area contributed by atoms with Gasteiger partial charge in [-0.2, -0.15) is 0 Å². The average Bonchev–Trinajstić information content (AvgIpc) is 2.66. The van der Waals surface area contributed by atoms with Crippen molar-refractivity contribution < 1.29 is 0 Å². The minimum absolute atomic E-state index is 1.26. The molecule has 26 heavy (non-hydrogen) atoms. The molecule has 0 aromatic carbocycles. The minimum atomic E-state index is -1.91. The first kappa shape index (κ1) is 26.7. The van der Waals surface area contributed by atoms with Gasteiger partial charge in [0.05, 0.1) is 0 Å². The Bertz CT molecular complexity index is 275. The van der Waals surface area contributed by atoms with E-state index < -0.39 is 5.96 Å². The molecule has 0 spiro atoms. The summed E-state index contributed by atoms with van der Waals surface area (Å²) >= 11 is 7.46. The second kappa shape index (κ2) is 16.7. The molecule has 0 aliphatic rings. The Hall–Kier alpha value is 0.720. The first-order valence-electron chi connectivity index (χ1n) is 12.3. The Morgan fingerprint density at radius 1 is 0.423 bits per heavy atom. The van der Waals surface area contributed by atoms with Crippen LogP contribution in [0.4, 0.5) is 0 Å². The van der Waals surface area contributed by atoms with Crippen LogP contribution in [0.15, 0.2) is 0 Å². The molecule has 0 aliphatic heterocycles. The van der Waals surface area contributed by atoms with Crippen LogP contribution in [0, 0.1) is 0 Å². The molecular weight excluding hydrogens is 355 g/mol. The van der Waals surface area contributed by atoms with E-state index >= 15 is 0 Å². The van der Waals surface area contributed by atoms with Crippen LogP contribution >= 0.6 is 17.2 Å². The molecule has 0 bridgehead atoms. The Morgan fingerprint density at radius 2 is 0.692 bits per heavy atom. The summed E-state index contributed by atoms with van der Waals surface area (Å²) in [7, 11) is 0. The summed E-state index contributed by atoms with van der Waals surface area (Å²) in [5, 5.41) is 0. The zero-order valence-corrected chi connectivity index (χ0v) is 20.6. The number of hydrogen-bond donors (Lipinski definition) is 0. The van der Waals surface area contributed by atoms with E-state index in [1.165, 1.54) is 127 Å². The second-order valence-corrected chi connectivity index (χ2v) is 17.5. The van der Waals surface area contributed by atoms with Crippen LogP contribution in [-0.2, 0) is 0 Å². The fourth-order valence-electron chi connectivity index (χ4n) is 4.25. The van der Waals surface area contributed by atoms with Crippen LogP contribution in [0.2, 0.25) is 0 Å². The molecule has 0 amide bonds. The standard InChI is InChI=1S/C24H52ClP/c1-5-9-11-13-15-17-19-21-23-26(25,7-3,8-4)24-22-20-18-16-14-12-10-6-2/h5-24H2,1-4H3. The molecule has 0 saturated heterocycles. The first-order valence-corrected chi connectivity index (χ1v) is 16.1. The van der Waals surface area contributed by atoms with Gasteiger partial charge in [-0.05, 0) is 0 Å². The van der Waals surface area contributed by atoms with E-state index in [0.29, 0.717) is 0 Å². The van der Waals surface area contributed by atoms with Gasteiger partial charge in [0.25, 0.3) is 0 Å². The van der Waals surface area contributed by atoms with Crippen molar-refractivity contribution in [3.63, 3.8) is 0 Å². The van der Waals surface area contributed by atoms with Gasteiger partial charge in [-0.15, -0.1) is 0 Å². The second-order valence-electron chi connectivity index (χ2n) is 8.85. The van der Waals surface area contributed by atoms with Gasteiger partial charge in [0.1, 0.15) is 0 Å². The number of unbranched alkanes of at least 4 members (excludes halogenated alkanes) is 14. The molecule has 0 aromatic heterocycles. The van der Waals surface area contributed by atoms with Crippen molar-refractivity contribution in [2.75, 3.05) is 24.6 Å². The third-order valence-corrected chi connectivity index (χ3v) is 15.2. The fraction of sp³-hybridized carbons (Fsp3) is 1.00. The zero-order valence-electron chi connectivity index (χ0n) is 19.0. The Morgan fingerprint density at radius 3 is 0.962 bits per heavy atom. The van der Waals surface area contributed by atoms with E-state index in [-0.39, 0.29) is 0 Å². The summed E-state index contributed by atoms with van der Waals surface area (Å²) in [6.07, 6.45) is 27.9. The Balaban J connectivity index is 3.95. The number of hydrogen-bond acceptors (Lipinski definition) is 0. The maximum absolute atomic E-state index is 7.46. The van der Waals surface area contributed by atoms with Crippen LogP contribution in [-0.4, -0.2) is 24.6 Å². The van der Waals surface area contributed by atoms with Crippen molar-refractivity contribution in [2.24, 2.45) is 0 Å². The predicted octanol–water partition coefficient (Wildman–Crippen LogP) is 10.0. The van der Waals surface area contributed by atoms with Crippen LogP contribution < -0.4 is 0 Å². The third kappa shape index (κ3) is 13.0. The van der Waals surface area contributed by atoms with Crippen LogP contribution in [0.1, 0.15) is 130 Å². The summed E-state index contributed by atoms with van der Waals surface area (Å²) < 4.78 is 0. The van der Waals surface area contributed by atoms with E-state index in [0.717, 1.165) is 0 Å². The third-order valence-electron chi connectivity index (χ3n) is 6.72. The van der Waals surface area contributed by atoms with Crippen LogP contribution in [0.25, 0.3) is 0 Å². The van der Waals surface area contributed by atoms with Gasteiger partial charge in [-0.25, -0.2) is 0 Å². The fourth-order valence-corrected chi connectivity index (χ4v) is 8.93. The molecule has 0 rings (SSSR count). The molecule has 0 aromatic rings. The average molecular weight is 407 g/mol. The van der Waals surface area contributed by atoms with Crippen molar-refractivity contribution in [1.82, 2.24) is 0 Å². The molecule has 0 atom stereocenters. The Kier molecular flexibility index (Phi) is 17.1. The van der Waals surface area contributed by atoms with Gasteiger partial charge in [-0.3, -0.25) is 0 Å². The molecule has 0 unspecified atom stereocenters. The number of rotatable bonds is 20. The van der Waals surface area contributed by atoms with Gasteiger partial charge < -0.3 is 0 Å².